The van der Waals surface area contributed by atoms with Crippen molar-refractivity contribution >= 4 is 37.8 Å². The van der Waals surface area contributed by atoms with Crippen LogP contribution >= 0.6 is 11.6 Å². The number of methoxy groups -OCH3 is 1. The zero-order chi connectivity index (χ0) is 32.1. The van der Waals surface area contributed by atoms with Crippen LogP contribution in [-0.2, 0) is 34.5 Å². The maximum atomic E-state index is 13.4. The number of carbonyl (C=O) groups is 1. The van der Waals surface area contributed by atoms with Crippen molar-refractivity contribution in [2.24, 2.45) is 0 Å². The van der Waals surface area contributed by atoms with Crippen LogP contribution in [-0.4, -0.2) is 59.9 Å². The molecule has 14 heteroatoms. The van der Waals surface area contributed by atoms with Crippen LogP contribution in [0.4, 0.5) is 0 Å². The first kappa shape index (κ1) is 33.5. The lowest BCUT2D eigenvalue weighted by molar-refractivity contribution is -0.152. The molecule has 0 fully saturated rings. The molecule has 0 spiro atoms. The summed E-state index contributed by atoms with van der Waals surface area (Å²) in [5, 5.41) is 10.5. The number of rotatable bonds is 14. The van der Waals surface area contributed by atoms with Crippen LogP contribution < -0.4 is 13.1 Å². The van der Waals surface area contributed by atoms with Crippen LogP contribution in [0.15, 0.2) is 70.5 Å². The van der Waals surface area contributed by atoms with Crippen LogP contribution in [0.1, 0.15) is 41.9 Å². The number of hydrogen-bond donors (Lipinski definition) is 1. The molecule has 0 aliphatic carbocycles. The Morgan fingerprint density at radius 3 is 2.02 bits per heavy atom. The van der Waals surface area contributed by atoms with Gasteiger partial charge in [-0.25, -0.2) is 4.79 Å². The Bertz CT molecular complexity index is 1670. The van der Waals surface area contributed by atoms with Crippen molar-refractivity contribution in [3.63, 3.8) is 0 Å². The number of hydrogen-bond acceptors (Lipinski definition) is 11. The van der Waals surface area contributed by atoms with Gasteiger partial charge in [0.2, 0.25) is 6.29 Å². The summed E-state index contributed by atoms with van der Waals surface area (Å²) in [6.07, 6.45) is -1.79. The molecule has 0 bridgehead atoms. The molecule has 0 radical (unpaired) electrons. The van der Waals surface area contributed by atoms with E-state index >= 15 is 0 Å². The summed E-state index contributed by atoms with van der Waals surface area (Å²) in [5.41, 5.74) is 1.79. The molecule has 3 aromatic carbocycles. The van der Waals surface area contributed by atoms with Crippen LogP contribution in [0.5, 0.6) is 17.2 Å². The highest BCUT2D eigenvalue weighted by Gasteiger charge is 2.42. The van der Waals surface area contributed by atoms with E-state index < -0.39 is 44.5 Å². The van der Waals surface area contributed by atoms with Gasteiger partial charge < -0.3 is 27.7 Å². The number of alkyl halides is 1. The van der Waals surface area contributed by atoms with Gasteiger partial charge in [0.15, 0.2) is 11.9 Å². The average molecular weight is 669 g/mol. The lowest BCUT2D eigenvalue weighted by atomic mass is 9.92. The van der Waals surface area contributed by atoms with Crippen molar-refractivity contribution < 1.29 is 49.3 Å². The number of carbonyl (C=O) groups excluding carboxylic acids is 1. The van der Waals surface area contributed by atoms with Crippen molar-refractivity contribution in [1.29, 1.82) is 0 Å². The third kappa shape index (κ3) is 8.02. The fraction of sp³-hybridized carbons (Fsp3) is 0.367. The van der Waals surface area contributed by atoms with E-state index in [2.05, 4.69) is 4.74 Å². The number of unbranched alkanes of at least 4 members (excludes halogenated alkanes) is 1. The van der Waals surface area contributed by atoms with Gasteiger partial charge in [0.05, 0.1) is 19.6 Å². The predicted octanol–water partition coefficient (Wildman–Crippen LogP) is 4.60. The fourth-order valence-corrected chi connectivity index (χ4v) is 6.54. The number of aliphatic hydroxyl groups is 1. The van der Waals surface area contributed by atoms with Gasteiger partial charge in [0, 0.05) is 23.6 Å². The molecule has 0 aromatic heterocycles. The van der Waals surface area contributed by atoms with Crippen LogP contribution in [0.3, 0.4) is 0 Å². The highest BCUT2D eigenvalue weighted by Crippen LogP contribution is 2.49. The lowest BCUT2D eigenvalue weighted by Gasteiger charge is -2.22. The van der Waals surface area contributed by atoms with E-state index in [1.807, 2.05) is 0 Å². The Kier molecular flexibility index (Phi) is 10.8. The minimum Gasteiger partial charge on any atom is -0.467 e. The Labute approximate surface area is 261 Å². The Balaban J connectivity index is 1.79. The summed E-state index contributed by atoms with van der Waals surface area (Å²) >= 11 is 5.77. The van der Waals surface area contributed by atoms with Gasteiger partial charge >= 0.3 is 26.2 Å². The highest BCUT2D eigenvalue weighted by atomic mass is 35.5. The van der Waals surface area contributed by atoms with E-state index in [0.29, 0.717) is 18.7 Å². The predicted molar refractivity (Wildman–Crippen MR) is 160 cm³/mol. The molecule has 3 aromatic rings. The largest absolute Gasteiger partial charge is 0.467 e. The number of aliphatic hydroxyl groups excluding tert-OH is 1. The number of fused-ring (bicyclic) bond motifs is 1. The fourth-order valence-electron chi connectivity index (χ4n) is 4.50. The maximum Gasteiger partial charge on any atom is 0.339 e. The van der Waals surface area contributed by atoms with Crippen LogP contribution in [0.2, 0.25) is 0 Å². The highest BCUT2D eigenvalue weighted by molar-refractivity contribution is 7.87. The first-order valence-corrected chi connectivity index (χ1v) is 17.0. The summed E-state index contributed by atoms with van der Waals surface area (Å²) in [4.78, 5) is 11.8. The molecule has 11 nitrogen and oxygen atoms in total. The Morgan fingerprint density at radius 1 is 0.909 bits per heavy atom. The molecule has 4 rings (SSSR count). The van der Waals surface area contributed by atoms with Crippen molar-refractivity contribution in [3.05, 3.63) is 77.4 Å². The third-order valence-electron chi connectivity index (χ3n) is 6.81. The normalized spacial score (nSPS) is 16.9. The van der Waals surface area contributed by atoms with Crippen LogP contribution in [0, 0.1) is 13.8 Å². The first-order chi connectivity index (χ1) is 20.8. The van der Waals surface area contributed by atoms with Gasteiger partial charge in [0.25, 0.3) is 0 Å². The summed E-state index contributed by atoms with van der Waals surface area (Å²) < 4.78 is 80.5. The van der Waals surface area contributed by atoms with Gasteiger partial charge in [0.1, 0.15) is 21.3 Å². The van der Waals surface area contributed by atoms with E-state index in [0.717, 1.165) is 24.3 Å². The van der Waals surface area contributed by atoms with Gasteiger partial charge in [-0.05, 0) is 57.4 Å². The zero-order valence-electron chi connectivity index (χ0n) is 24.3. The molecule has 1 aliphatic rings. The van der Waals surface area contributed by atoms with Gasteiger partial charge in [-0.15, -0.1) is 11.6 Å². The average Bonchev–Trinajstić information content (AvgIpc) is 3.31. The SMILES string of the molecule is COC(=O)[C@@H](O)CC1c2c(cc(OS(=O)(=O)c3ccc(C)cc3)cc2OS(=O)(=O)c2ccc(C)cc2)OC1OCCCCCl. The molecule has 1 aliphatic heterocycles. The zero-order valence-corrected chi connectivity index (χ0v) is 26.7. The molecule has 238 valence electrons. The van der Waals surface area contributed by atoms with Crippen molar-refractivity contribution in [1.82, 2.24) is 0 Å². The molecular weight excluding hydrogens is 636 g/mol. The molecule has 44 heavy (non-hydrogen) atoms. The third-order valence-corrected chi connectivity index (χ3v) is 9.58. The number of halogens is 1. The van der Waals surface area contributed by atoms with Crippen molar-refractivity contribution in [3.8, 4) is 17.2 Å². The second-order valence-electron chi connectivity index (χ2n) is 10.2. The summed E-state index contributed by atoms with van der Waals surface area (Å²) in [6, 6.07) is 14.2. The quantitative estimate of drug-likeness (QED) is 0.111. The van der Waals surface area contributed by atoms with E-state index in [-0.39, 0.29) is 45.6 Å². The first-order valence-electron chi connectivity index (χ1n) is 13.6. The number of aryl methyl sites for hydroxylation is 2. The van der Waals surface area contributed by atoms with Crippen molar-refractivity contribution in [2.75, 3.05) is 19.6 Å². The van der Waals surface area contributed by atoms with E-state index in [1.54, 1.807) is 38.1 Å². The monoisotopic (exact) mass is 668 g/mol. The van der Waals surface area contributed by atoms with Gasteiger partial charge in [-0.1, -0.05) is 35.4 Å². The smallest absolute Gasteiger partial charge is 0.339 e. The topological polar surface area (TPSA) is 152 Å². The molecule has 1 heterocycles. The van der Waals surface area contributed by atoms with Crippen LogP contribution in [0.25, 0.3) is 0 Å². The van der Waals surface area contributed by atoms with E-state index in [4.69, 9.17) is 29.4 Å². The summed E-state index contributed by atoms with van der Waals surface area (Å²) in [6.45, 7) is 3.79. The Hall–Kier alpha value is -3.36. The maximum absolute atomic E-state index is 13.4. The second kappa shape index (κ2) is 14.2. The molecule has 2 unspecified atom stereocenters. The standard InChI is InChI=1S/C30H33ClO11S2/c1-19-6-10-22(11-7-19)43(34,35)41-21-16-26-28(27(17-21)42-44(36,37)23-12-8-20(2)9-13-23)24(18-25(32)29(33)38-3)30(40-26)39-15-5-4-14-31/h6-13,16-17,24-25,30,32H,4-5,14-15,18H2,1-3H3/t24?,25-,30?/m0/s1. The molecule has 0 saturated carbocycles. The molecular formula is C30H33ClO11S2. The lowest BCUT2D eigenvalue weighted by Crippen LogP contribution is -2.30. The van der Waals surface area contributed by atoms with E-state index in [9.17, 15) is 26.7 Å². The second-order valence-corrected chi connectivity index (χ2v) is 13.6. The molecule has 0 amide bonds. The summed E-state index contributed by atoms with van der Waals surface area (Å²) in [7, 11) is -7.69. The molecule has 3 atom stereocenters. The minimum absolute atomic E-state index is 0.0138. The molecule has 1 N–H and O–H groups in total. The Morgan fingerprint density at radius 2 is 1.48 bits per heavy atom. The van der Waals surface area contributed by atoms with Gasteiger partial charge in [-0.2, -0.15) is 16.8 Å². The number of benzene rings is 3. The van der Waals surface area contributed by atoms with E-state index in [1.165, 1.54) is 30.3 Å². The number of esters is 1. The summed E-state index contributed by atoms with van der Waals surface area (Å²) in [5.74, 6) is -2.08. The number of ether oxygens (including phenoxy) is 3. The minimum atomic E-state index is -4.45. The van der Waals surface area contributed by atoms with Gasteiger partial charge in [-0.3, -0.25) is 0 Å². The molecule has 0 saturated heterocycles. The van der Waals surface area contributed by atoms with Crippen molar-refractivity contribution in [2.45, 2.75) is 61.2 Å².